The minimum absolute atomic E-state index is 0.624. The molecule has 0 aliphatic heterocycles. The second-order valence-electron chi connectivity index (χ2n) is 13.9. The van der Waals surface area contributed by atoms with Gasteiger partial charge in [0.15, 0.2) is 17.5 Å². The number of ether oxygens (including phenoxy) is 3. The molecule has 0 aliphatic carbocycles. The third-order valence-electron chi connectivity index (χ3n) is 10.5. The topological polar surface area (TPSA) is 66.4 Å². The molecule has 0 saturated carbocycles. The van der Waals surface area contributed by atoms with E-state index in [4.69, 9.17) is 29.2 Å². The van der Waals surface area contributed by atoms with Crippen LogP contribution in [0.15, 0.2) is 72.8 Å². The Hall–Kier alpha value is -3.93. The average molecular weight is 694 g/mol. The molecule has 0 fully saturated rings. The van der Waals surface area contributed by atoms with Gasteiger partial charge in [0.05, 0.1) is 19.8 Å². The summed E-state index contributed by atoms with van der Waals surface area (Å²) in [5, 5.41) is 0. The Kier molecular flexibility index (Phi) is 17.3. The van der Waals surface area contributed by atoms with Crippen molar-refractivity contribution >= 4 is 0 Å². The van der Waals surface area contributed by atoms with Gasteiger partial charge in [-0.2, -0.15) is 0 Å². The van der Waals surface area contributed by atoms with Crippen LogP contribution in [-0.2, 0) is 0 Å². The fraction of sp³-hybridized carbons (Fsp3) is 0.533. The van der Waals surface area contributed by atoms with Gasteiger partial charge in [-0.25, -0.2) is 15.0 Å². The molecule has 1 heterocycles. The zero-order valence-corrected chi connectivity index (χ0v) is 32.3. The molecular formula is C45H63N3O3. The molecule has 0 aliphatic rings. The molecule has 276 valence electrons. The molecule has 6 heteroatoms. The summed E-state index contributed by atoms with van der Waals surface area (Å²) in [5.41, 5.74) is 2.75. The normalized spacial score (nSPS) is 11.5. The molecule has 4 rings (SSSR count). The van der Waals surface area contributed by atoms with Gasteiger partial charge in [-0.05, 0) is 129 Å². The molecular weight excluding hydrogens is 631 g/mol. The SMILES string of the molecule is CCC(CC)CCCOc1ccc(-c2nc(-c3ccc(OCCCC(CC)CC)cc3)nc(-c3ccc(OCCCC(CC)CC)cc3)n2)cc1. The maximum absolute atomic E-state index is 6.08. The van der Waals surface area contributed by atoms with Crippen LogP contribution in [0.4, 0.5) is 0 Å². The molecule has 0 saturated heterocycles. The fourth-order valence-corrected chi connectivity index (χ4v) is 6.64. The highest BCUT2D eigenvalue weighted by atomic mass is 16.5. The predicted octanol–water partition coefficient (Wildman–Crippen LogP) is 12.7. The van der Waals surface area contributed by atoms with Gasteiger partial charge in [0.2, 0.25) is 0 Å². The van der Waals surface area contributed by atoms with E-state index in [0.717, 1.165) is 90.8 Å². The van der Waals surface area contributed by atoms with Crippen molar-refractivity contribution in [3.8, 4) is 51.4 Å². The number of hydrogen-bond acceptors (Lipinski definition) is 6. The molecule has 0 radical (unpaired) electrons. The maximum Gasteiger partial charge on any atom is 0.164 e. The maximum atomic E-state index is 6.08. The van der Waals surface area contributed by atoms with Crippen molar-refractivity contribution in [2.75, 3.05) is 19.8 Å². The third kappa shape index (κ3) is 13.0. The first-order chi connectivity index (χ1) is 25.0. The Morgan fingerprint density at radius 2 is 0.608 bits per heavy atom. The highest BCUT2D eigenvalue weighted by Gasteiger charge is 2.14. The van der Waals surface area contributed by atoms with Crippen molar-refractivity contribution in [3.63, 3.8) is 0 Å². The zero-order valence-electron chi connectivity index (χ0n) is 32.3. The first kappa shape index (κ1) is 39.8. The Morgan fingerprint density at radius 1 is 0.373 bits per heavy atom. The van der Waals surface area contributed by atoms with Crippen LogP contribution in [0.1, 0.15) is 119 Å². The van der Waals surface area contributed by atoms with E-state index in [1.807, 2.05) is 72.8 Å². The predicted molar refractivity (Wildman–Crippen MR) is 213 cm³/mol. The smallest absolute Gasteiger partial charge is 0.164 e. The van der Waals surface area contributed by atoms with Crippen LogP contribution in [0.25, 0.3) is 34.2 Å². The molecule has 6 nitrogen and oxygen atoms in total. The van der Waals surface area contributed by atoms with E-state index in [1.54, 1.807) is 0 Å². The van der Waals surface area contributed by atoms with Gasteiger partial charge in [-0.1, -0.05) is 80.1 Å². The van der Waals surface area contributed by atoms with Crippen LogP contribution in [-0.4, -0.2) is 34.8 Å². The molecule has 3 aromatic carbocycles. The lowest BCUT2D eigenvalue weighted by Crippen LogP contribution is -2.03. The summed E-state index contributed by atoms with van der Waals surface area (Å²) in [7, 11) is 0. The third-order valence-corrected chi connectivity index (χ3v) is 10.5. The van der Waals surface area contributed by atoms with Crippen molar-refractivity contribution in [1.82, 2.24) is 15.0 Å². The Balaban J connectivity index is 1.50. The molecule has 51 heavy (non-hydrogen) atoms. The van der Waals surface area contributed by atoms with Crippen molar-refractivity contribution < 1.29 is 14.2 Å². The number of nitrogens with zero attached hydrogens (tertiary/aromatic N) is 3. The minimum Gasteiger partial charge on any atom is -0.494 e. The lowest BCUT2D eigenvalue weighted by atomic mass is 9.98. The minimum atomic E-state index is 0.624. The summed E-state index contributed by atoms with van der Waals surface area (Å²) in [4.78, 5) is 14.9. The van der Waals surface area contributed by atoms with Crippen molar-refractivity contribution in [2.24, 2.45) is 17.8 Å². The van der Waals surface area contributed by atoms with Gasteiger partial charge < -0.3 is 14.2 Å². The van der Waals surface area contributed by atoms with Gasteiger partial charge in [0, 0.05) is 16.7 Å². The summed E-state index contributed by atoms with van der Waals surface area (Å²) in [6.45, 7) is 15.8. The first-order valence-corrected chi connectivity index (χ1v) is 20.0. The summed E-state index contributed by atoms with van der Waals surface area (Å²) < 4.78 is 18.3. The van der Waals surface area contributed by atoms with Gasteiger partial charge in [0.25, 0.3) is 0 Å². The lowest BCUT2D eigenvalue weighted by molar-refractivity contribution is 0.288. The largest absolute Gasteiger partial charge is 0.494 e. The Morgan fingerprint density at radius 3 is 0.824 bits per heavy atom. The van der Waals surface area contributed by atoms with Gasteiger partial charge in [0.1, 0.15) is 17.2 Å². The van der Waals surface area contributed by atoms with Crippen LogP contribution in [0.2, 0.25) is 0 Å². The van der Waals surface area contributed by atoms with Crippen LogP contribution >= 0.6 is 0 Å². The quantitative estimate of drug-likeness (QED) is 0.0681. The second kappa shape index (κ2) is 22.1. The van der Waals surface area contributed by atoms with Gasteiger partial charge in [-0.15, -0.1) is 0 Å². The second-order valence-corrected chi connectivity index (χ2v) is 13.9. The van der Waals surface area contributed by atoms with Gasteiger partial charge >= 0.3 is 0 Å². The van der Waals surface area contributed by atoms with Crippen LogP contribution in [0.5, 0.6) is 17.2 Å². The standard InChI is InChI=1S/C45H63N3O3/c1-7-34(8-2)16-13-31-49-40-25-19-37(20-26-40)43-46-44(38-21-27-41(28-22-38)50-32-14-17-35(9-3)10-4)48-45(47-43)39-23-29-42(30-24-39)51-33-15-18-36(11-5)12-6/h19-30,34-36H,7-18,31-33H2,1-6H3. The fourth-order valence-electron chi connectivity index (χ4n) is 6.64. The lowest BCUT2D eigenvalue weighted by Gasteiger charge is -2.13. The van der Waals surface area contributed by atoms with E-state index in [0.29, 0.717) is 17.5 Å². The van der Waals surface area contributed by atoms with Gasteiger partial charge in [-0.3, -0.25) is 0 Å². The highest BCUT2D eigenvalue weighted by molar-refractivity contribution is 5.67. The highest BCUT2D eigenvalue weighted by Crippen LogP contribution is 2.28. The van der Waals surface area contributed by atoms with Crippen molar-refractivity contribution in [3.05, 3.63) is 72.8 Å². The average Bonchev–Trinajstić information content (AvgIpc) is 3.18. The Labute approximate surface area is 308 Å². The molecule has 0 atom stereocenters. The molecule has 0 bridgehead atoms. The summed E-state index contributed by atoms with van der Waals surface area (Å²) in [6, 6.07) is 24.3. The van der Waals surface area contributed by atoms with E-state index in [-0.39, 0.29) is 0 Å². The number of hydrogen-bond donors (Lipinski definition) is 0. The number of aromatic nitrogens is 3. The molecule has 0 N–H and O–H groups in total. The monoisotopic (exact) mass is 693 g/mol. The van der Waals surface area contributed by atoms with Crippen molar-refractivity contribution in [2.45, 2.75) is 119 Å². The molecule has 0 amide bonds. The first-order valence-electron chi connectivity index (χ1n) is 20.0. The summed E-state index contributed by atoms with van der Waals surface area (Å²) in [6.07, 6.45) is 14.2. The van der Waals surface area contributed by atoms with Crippen LogP contribution in [0.3, 0.4) is 0 Å². The zero-order chi connectivity index (χ0) is 36.3. The number of benzene rings is 3. The Bertz CT molecular complexity index is 1310. The molecule has 0 spiro atoms. The molecule has 1 aromatic heterocycles. The van der Waals surface area contributed by atoms with Crippen LogP contribution < -0.4 is 14.2 Å². The van der Waals surface area contributed by atoms with Crippen molar-refractivity contribution in [1.29, 1.82) is 0 Å². The van der Waals surface area contributed by atoms with E-state index in [9.17, 15) is 0 Å². The van der Waals surface area contributed by atoms with Crippen LogP contribution in [0, 0.1) is 17.8 Å². The van der Waals surface area contributed by atoms with E-state index < -0.39 is 0 Å². The summed E-state index contributed by atoms with van der Waals surface area (Å²) >= 11 is 0. The van der Waals surface area contributed by atoms with E-state index >= 15 is 0 Å². The summed E-state index contributed by atoms with van der Waals surface area (Å²) in [5.74, 6) is 6.81. The van der Waals surface area contributed by atoms with E-state index in [2.05, 4.69) is 41.5 Å². The molecule has 4 aromatic rings. The number of rotatable bonds is 24. The molecule has 0 unspecified atom stereocenters. The van der Waals surface area contributed by atoms with E-state index in [1.165, 1.54) is 57.8 Å².